The summed E-state index contributed by atoms with van der Waals surface area (Å²) in [6.45, 7) is 1.91. The normalized spacial score (nSPS) is 11.5. The van der Waals surface area contributed by atoms with Gasteiger partial charge < -0.3 is 9.84 Å². The van der Waals surface area contributed by atoms with Gasteiger partial charge >= 0.3 is 6.18 Å². The fraction of sp³-hybridized carbons (Fsp3) is 0.211. The van der Waals surface area contributed by atoms with E-state index in [1.807, 2.05) is 31.2 Å². The van der Waals surface area contributed by atoms with Crippen LogP contribution < -0.4 is 5.32 Å². The van der Waals surface area contributed by atoms with E-state index < -0.39 is 17.6 Å². The van der Waals surface area contributed by atoms with Crippen LogP contribution in [-0.2, 0) is 17.4 Å². The lowest BCUT2D eigenvalue weighted by atomic mass is 10.1. The van der Waals surface area contributed by atoms with E-state index in [0.29, 0.717) is 5.82 Å². The second-order valence-corrected chi connectivity index (χ2v) is 6.47. The third-order valence-corrected chi connectivity index (χ3v) is 4.32. The molecule has 3 rings (SSSR count). The molecular formula is C19H15ClF3N3O2. The van der Waals surface area contributed by atoms with E-state index in [2.05, 4.69) is 15.5 Å². The van der Waals surface area contributed by atoms with Crippen molar-refractivity contribution in [2.45, 2.75) is 25.9 Å². The maximum absolute atomic E-state index is 12.8. The molecule has 9 heteroatoms. The van der Waals surface area contributed by atoms with Crippen molar-refractivity contribution in [3.63, 3.8) is 0 Å². The van der Waals surface area contributed by atoms with Crippen molar-refractivity contribution in [3.05, 3.63) is 64.5 Å². The zero-order chi connectivity index (χ0) is 20.3. The third kappa shape index (κ3) is 4.69. The molecular weight excluding hydrogens is 395 g/mol. The minimum absolute atomic E-state index is 0.0148. The number of aryl methyl sites for hydroxylation is 2. The molecule has 0 spiro atoms. The summed E-state index contributed by atoms with van der Waals surface area (Å²) in [7, 11) is 0. The van der Waals surface area contributed by atoms with Crippen LogP contribution in [0, 0.1) is 6.92 Å². The monoisotopic (exact) mass is 409 g/mol. The second kappa shape index (κ2) is 8.02. The van der Waals surface area contributed by atoms with Crippen molar-refractivity contribution in [2.24, 2.45) is 0 Å². The van der Waals surface area contributed by atoms with Gasteiger partial charge in [0.1, 0.15) is 0 Å². The van der Waals surface area contributed by atoms with E-state index in [1.54, 1.807) is 0 Å². The van der Waals surface area contributed by atoms with Gasteiger partial charge in [-0.25, -0.2) is 0 Å². The van der Waals surface area contributed by atoms with Crippen molar-refractivity contribution in [2.75, 3.05) is 5.32 Å². The van der Waals surface area contributed by atoms with Gasteiger partial charge in [0.15, 0.2) is 0 Å². The lowest BCUT2D eigenvalue weighted by Crippen LogP contribution is -2.14. The van der Waals surface area contributed by atoms with E-state index in [9.17, 15) is 18.0 Å². The number of hydrogen-bond donors (Lipinski definition) is 1. The van der Waals surface area contributed by atoms with E-state index >= 15 is 0 Å². The van der Waals surface area contributed by atoms with E-state index in [1.165, 1.54) is 0 Å². The second-order valence-electron chi connectivity index (χ2n) is 6.07. The number of alkyl halides is 3. The lowest BCUT2D eigenvalue weighted by molar-refractivity contribution is -0.137. The van der Waals surface area contributed by atoms with Crippen molar-refractivity contribution in [3.8, 4) is 11.4 Å². The highest BCUT2D eigenvalue weighted by Crippen LogP contribution is 2.33. The minimum atomic E-state index is -4.53. The molecule has 0 radical (unpaired) electrons. The van der Waals surface area contributed by atoms with Gasteiger partial charge in [-0.3, -0.25) is 4.79 Å². The number of amides is 1. The predicted molar refractivity (Wildman–Crippen MR) is 97.9 cm³/mol. The number of carbonyl (C=O) groups excluding carboxylic acids is 1. The Balaban J connectivity index is 1.63. The maximum atomic E-state index is 12.8. The van der Waals surface area contributed by atoms with Crippen LogP contribution in [0.3, 0.4) is 0 Å². The van der Waals surface area contributed by atoms with Crippen LogP contribution in [-0.4, -0.2) is 16.0 Å². The fourth-order valence-corrected chi connectivity index (χ4v) is 2.68. The smallest absolute Gasteiger partial charge is 0.339 e. The van der Waals surface area contributed by atoms with Crippen molar-refractivity contribution < 1.29 is 22.5 Å². The average Bonchev–Trinajstić information content (AvgIpc) is 3.10. The first-order valence-electron chi connectivity index (χ1n) is 8.29. The van der Waals surface area contributed by atoms with E-state index in [0.717, 1.165) is 29.3 Å². The Kier molecular flexibility index (Phi) is 5.69. The molecule has 0 atom stereocenters. The van der Waals surface area contributed by atoms with Crippen molar-refractivity contribution in [1.29, 1.82) is 0 Å². The zero-order valence-electron chi connectivity index (χ0n) is 14.7. The molecule has 0 fully saturated rings. The van der Waals surface area contributed by atoms with Crippen LogP contribution in [0.2, 0.25) is 5.02 Å². The summed E-state index contributed by atoms with van der Waals surface area (Å²) in [4.78, 5) is 16.3. The molecule has 0 aliphatic rings. The fourth-order valence-electron chi connectivity index (χ4n) is 2.52. The van der Waals surface area contributed by atoms with Crippen LogP contribution >= 0.6 is 11.6 Å². The summed E-state index contributed by atoms with van der Waals surface area (Å²) in [6, 6.07) is 10.2. The summed E-state index contributed by atoms with van der Waals surface area (Å²) in [5, 5.41) is 6.29. The topological polar surface area (TPSA) is 68.0 Å². The van der Waals surface area contributed by atoms with Gasteiger partial charge in [0.2, 0.25) is 17.6 Å². The molecule has 0 aliphatic heterocycles. The van der Waals surface area contributed by atoms with Gasteiger partial charge in [-0.1, -0.05) is 41.0 Å². The molecule has 1 N–H and O–H groups in total. The Bertz CT molecular complexity index is 1000. The Morgan fingerprint density at radius 2 is 1.96 bits per heavy atom. The van der Waals surface area contributed by atoms with Crippen LogP contribution in [0.5, 0.6) is 0 Å². The predicted octanol–water partition coefficient (Wildman–Crippen LogP) is 5.29. The molecule has 1 heterocycles. The molecule has 0 unspecified atom stereocenters. The number of benzene rings is 2. The van der Waals surface area contributed by atoms with Crippen LogP contribution in [0.25, 0.3) is 11.4 Å². The number of anilines is 1. The highest BCUT2D eigenvalue weighted by atomic mass is 35.5. The van der Waals surface area contributed by atoms with Gasteiger partial charge in [-0.2, -0.15) is 18.2 Å². The first-order chi connectivity index (χ1) is 13.2. The number of rotatable bonds is 5. The van der Waals surface area contributed by atoms with E-state index in [-0.39, 0.29) is 29.4 Å². The van der Waals surface area contributed by atoms with Gasteiger partial charge in [-0.05, 0) is 30.7 Å². The minimum Gasteiger partial charge on any atom is -0.339 e. The molecule has 0 saturated carbocycles. The number of nitrogens with zero attached hydrogens (tertiary/aromatic N) is 2. The third-order valence-electron chi connectivity index (χ3n) is 3.99. The molecule has 0 bridgehead atoms. The first kappa shape index (κ1) is 19.9. The summed E-state index contributed by atoms with van der Waals surface area (Å²) in [5.41, 5.74) is 0.795. The van der Waals surface area contributed by atoms with Crippen LogP contribution in [0.1, 0.15) is 23.4 Å². The van der Waals surface area contributed by atoms with Crippen molar-refractivity contribution in [1.82, 2.24) is 10.1 Å². The molecule has 1 aromatic heterocycles. The first-order valence-corrected chi connectivity index (χ1v) is 8.67. The Hall–Kier alpha value is -2.87. The SMILES string of the molecule is Cc1ccccc1-c1noc(CCC(=O)Nc2cc(C(F)(F)F)ccc2Cl)n1. The summed E-state index contributed by atoms with van der Waals surface area (Å²) in [6.07, 6.45) is -4.44. The number of carbonyl (C=O) groups is 1. The zero-order valence-corrected chi connectivity index (χ0v) is 15.4. The standard InChI is InChI=1S/C19H15ClF3N3O2/c1-11-4-2-3-5-13(11)18-25-17(28-26-18)9-8-16(27)24-15-10-12(19(21,22)23)6-7-14(15)20/h2-7,10H,8-9H2,1H3,(H,24,27). The molecule has 3 aromatic rings. The summed E-state index contributed by atoms with van der Waals surface area (Å²) >= 11 is 5.87. The van der Waals surface area contributed by atoms with Gasteiger partial charge in [-0.15, -0.1) is 0 Å². The molecule has 28 heavy (non-hydrogen) atoms. The molecule has 5 nitrogen and oxygen atoms in total. The van der Waals surface area contributed by atoms with Crippen molar-refractivity contribution >= 4 is 23.2 Å². The van der Waals surface area contributed by atoms with E-state index in [4.69, 9.17) is 16.1 Å². The Labute approximate surface area is 163 Å². The van der Waals surface area contributed by atoms with Crippen LogP contribution in [0.4, 0.5) is 18.9 Å². The Morgan fingerprint density at radius 3 is 2.68 bits per heavy atom. The largest absolute Gasteiger partial charge is 0.416 e. The van der Waals surface area contributed by atoms with Gasteiger partial charge in [0.25, 0.3) is 0 Å². The highest BCUT2D eigenvalue weighted by Gasteiger charge is 2.31. The Morgan fingerprint density at radius 1 is 1.21 bits per heavy atom. The molecule has 2 aromatic carbocycles. The van der Waals surface area contributed by atoms with Gasteiger partial charge in [0.05, 0.1) is 16.3 Å². The highest BCUT2D eigenvalue weighted by molar-refractivity contribution is 6.33. The van der Waals surface area contributed by atoms with Gasteiger partial charge in [0, 0.05) is 18.4 Å². The average molecular weight is 410 g/mol. The maximum Gasteiger partial charge on any atom is 0.416 e. The number of halogens is 4. The molecule has 0 saturated heterocycles. The molecule has 0 aliphatic carbocycles. The summed E-state index contributed by atoms with van der Waals surface area (Å²) < 4.78 is 43.5. The number of aromatic nitrogens is 2. The molecule has 146 valence electrons. The lowest BCUT2D eigenvalue weighted by Gasteiger charge is -2.11. The summed E-state index contributed by atoms with van der Waals surface area (Å²) in [5.74, 6) is 0.148. The molecule has 1 amide bonds. The van der Waals surface area contributed by atoms with Crippen LogP contribution in [0.15, 0.2) is 47.0 Å². The number of nitrogens with one attached hydrogen (secondary N) is 1. The quantitative estimate of drug-likeness (QED) is 0.621. The number of hydrogen-bond acceptors (Lipinski definition) is 4.